The highest BCUT2D eigenvalue weighted by molar-refractivity contribution is 7.98. The zero-order valence-corrected chi connectivity index (χ0v) is 13.9. The maximum Gasteiger partial charge on any atom is 0.275 e. The van der Waals surface area contributed by atoms with Gasteiger partial charge in [0.1, 0.15) is 10.8 Å². The Labute approximate surface area is 136 Å². The average molecular weight is 333 g/mol. The molecule has 0 bridgehead atoms. The van der Waals surface area contributed by atoms with Crippen LogP contribution in [0.25, 0.3) is 4.96 Å². The number of nitrogens with zero attached hydrogens (tertiary/aromatic N) is 3. The Morgan fingerprint density at radius 1 is 1.32 bits per heavy atom. The van der Waals surface area contributed by atoms with Gasteiger partial charge >= 0.3 is 0 Å². The Bertz CT molecular complexity index is 840. The molecule has 2 aromatic heterocycles. The number of benzene rings is 1. The van der Waals surface area contributed by atoms with Gasteiger partial charge in [-0.3, -0.25) is 4.79 Å². The zero-order valence-electron chi connectivity index (χ0n) is 12.3. The van der Waals surface area contributed by atoms with Crippen LogP contribution in [-0.4, -0.2) is 21.7 Å². The predicted molar refractivity (Wildman–Crippen MR) is 89.1 cm³/mol. The SMILES string of the molecule is CCc1nn2c(=O)cc(CSc3ccc(OC)cc3)nc2s1. The van der Waals surface area contributed by atoms with Crippen LogP contribution in [0.5, 0.6) is 5.75 Å². The van der Waals surface area contributed by atoms with E-state index in [9.17, 15) is 4.79 Å². The summed E-state index contributed by atoms with van der Waals surface area (Å²) in [6.45, 7) is 2.02. The Hall–Kier alpha value is -1.86. The Kier molecular flexibility index (Phi) is 4.44. The molecule has 0 N–H and O–H groups in total. The first kappa shape index (κ1) is 15.1. The van der Waals surface area contributed by atoms with Crippen LogP contribution >= 0.6 is 23.1 Å². The highest BCUT2D eigenvalue weighted by Gasteiger charge is 2.08. The second-order valence-corrected chi connectivity index (χ2v) is 6.68. The van der Waals surface area contributed by atoms with E-state index in [1.807, 2.05) is 31.2 Å². The van der Waals surface area contributed by atoms with Gasteiger partial charge in [0, 0.05) is 16.7 Å². The summed E-state index contributed by atoms with van der Waals surface area (Å²) in [5.41, 5.74) is 0.656. The molecule has 0 spiro atoms. The average Bonchev–Trinajstić information content (AvgIpc) is 2.97. The third kappa shape index (κ3) is 3.15. The minimum atomic E-state index is -0.119. The van der Waals surface area contributed by atoms with Gasteiger partial charge in [0.2, 0.25) is 4.96 Å². The van der Waals surface area contributed by atoms with E-state index in [0.29, 0.717) is 10.7 Å². The van der Waals surface area contributed by atoms with Gasteiger partial charge in [-0.25, -0.2) is 4.98 Å². The maximum atomic E-state index is 12.1. The molecule has 7 heteroatoms. The lowest BCUT2D eigenvalue weighted by atomic mass is 10.3. The summed E-state index contributed by atoms with van der Waals surface area (Å²) >= 11 is 3.11. The van der Waals surface area contributed by atoms with Crippen molar-refractivity contribution in [2.75, 3.05) is 7.11 Å². The molecule has 0 saturated heterocycles. The second-order valence-electron chi connectivity index (χ2n) is 4.59. The molecule has 0 aliphatic heterocycles. The number of methoxy groups -OCH3 is 1. The molecular formula is C15H15N3O2S2. The van der Waals surface area contributed by atoms with Crippen LogP contribution in [-0.2, 0) is 12.2 Å². The number of aromatic nitrogens is 3. The smallest absolute Gasteiger partial charge is 0.275 e. The largest absolute Gasteiger partial charge is 0.497 e. The van der Waals surface area contributed by atoms with Gasteiger partial charge in [-0.05, 0) is 30.7 Å². The molecule has 114 valence electrons. The van der Waals surface area contributed by atoms with Crippen molar-refractivity contribution in [3.8, 4) is 5.75 Å². The zero-order chi connectivity index (χ0) is 15.5. The van der Waals surface area contributed by atoms with Crippen molar-refractivity contribution in [1.82, 2.24) is 14.6 Å². The summed E-state index contributed by atoms with van der Waals surface area (Å²) in [4.78, 5) is 18.4. The van der Waals surface area contributed by atoms with Crippen LogP contribution in [0.15, 0.2) is 40.0 Å². The number of hydrogen-bond donors (Lipinski definition) is 0. The molecule has 0 fully saturated rings. The summed E-state index contributed by atoms with van der Waals surface area (Å²) < 4.78 is 6.52. The van der Waals surface area contributed by atoms with E-state index in [-0.39, 0.29) is 5.56 Å². The molecule has 0 saturated carbocycles. The van der Waals surface area contributed by atoms with Crippen LogP contribution in [0.4, 0.5) is 0 Å². The standard InChI is InChI=1S/C15H15N3O2S2/c1-3-13-17-18-14(19)8-10(16-15(18)22-13)9-21-12-6-4-11(20-2)5-7-12/h4-8H,3,9H2,1-2H3. The van der Waals surface area contributed by atoms with Gasteiger partial charge in [0.05, 0.1) is 12.8 Å². The minimum absolute atomic E-state index is 0.119. The number of ether oxygens (including phenoxy) is 1. The first-order chi connectivity index (χ1) is 10.7. The molecule has 3 rings (SSSR count). The fourth-order valence-electron chi connectivity index (χ4n) is 1.94. The van der Waals surface area contributed by atoms with Crippen molar-refractivity contribution in [2.24, 2.45) is 0 Å². The summed E-state index contributed by atoms with van der Waals surface area (Å²) in [5.74, 6) is 1.48. The quantitative estimate of drug-likeness (QED) is 0.672. The van der Waals surface area contributed by atoms with Crippen LogP contribution < -0.4 is 10.3 Å². The summed E-state index contributed by atoms with van der Waals surface area (Å²) in [7, 11) is 1.65. The van der Waals surface area contributed by atoms with Crippen molar-refractivity contribution >= 4 is 28.1 Å². The third-order valence-electron chi connectivity index (χ3n) is 3.09. The Morgan fingerprint density at radius 2 is 2.09 bits per heavy atom. The van der Waals surface area contributed by atoms with E-state index in [1.165, 1.54) is 15.9 Å². The van der Waals surface area contributed by atoms with Crippen molar-refractivity contribution < 1.29 is 4.74 Å². The fraction of sp³-hybridized carbons (Fsp3) is 0.267. The normalized spacial score (nSPS) is 11.0. The first-order valence-corrected chi connectivity index (χ1v) is 8.65. The molecule has 0 aliphatic carbocycles. The molecule has 0 atom stereocenters. The fourth-order valence-corrected chi connectivity index (χ4v) is 3.59. The Balaban J connectivity index is 1.79. The van der Waals surface area contributed by atoms with Crippen molar-refractivity contribution in [3.05, 3.63) is 51.4 Å². The molecule has 2 heterocycles. The van der Waals surface area contributed by atoms with Gasteiger partial charge in [-0.1, -0.05) is 18.3 Å². The number of rotatable bonds is 5. The van der Waals surface area contributed by atoms with Crippen molar-refractivity contribution in [1.29, 1.82) is 0 Å². The molecule has 1 aromatic carbocycles. The summed E-state index contributed by atoms with van der Waals surface area (Å²) in [6, 6.07) is 9.39. The lowest BCUT2D eigenvalue weighted by Gasteiger charge is -2.03. The third-order valence-corrected chi connectivity index (χ3v) is 5.19. The van der Waals surface area contributed by atoms with E-state index in [2.05, 4.69) is 10.1 Å². The van der Waals surface area contributed by atoms with E-state index in [1.54, 1.807) is 24.9 Å². The van der Waals surface area contributed by atoms with E-state index < -0.39 is 0 Å². The molecule has 5 nitrogen and oxygen atoms in total. The molecule has 0 aliphatic rings. The predicted octanol–water partition coefficient (Wildman–Crippen LogP) is 3.01. The van der Waals surface area contributed by atoms with E-state index in [4.69, 9.17) is 4.74 Å². The van der Waals surface area contributed by atoms with Gasteiger partial charge in [-0.15, -0.1) is 11.8 Å². The highest BCUT2D eigenvalue weighted by atomic mass is 32.2. The van der Waals surface area contributed by atoms with Gasteiger partial charge in [-0.2, -0.15) is 9.61 Å². The molecule has 22 heavy (non-hydrogen) atoms. The molecular weight excluding hydrogens is 318 g/mol. The van der Waals surface area contributed by atoms with Crippen LogP contribution in [0.2, 0.25) is 0 Å². The van der Waals surface area contributed by atoms with E-state index in [0.717, 1.165) is 27.8 Å². The minimum Gasteiger partial charge on any atom is -0.497 e. The van der Waals surface area contributed by atoms with Gasteiger partial charge in [0.15, 0.2) is 0 Å². The van der Waals surface area contributed by atoms with Crippen LogP contribution in [0.3, 0.4) is 0 Å². The number of hydrogen-bond acceptors (Lipinski definition) is 6. The number of fused-ring (bicyclic) bond motifs is 1. The van der Waals surface area contributed by atoms with Crippen LogP contribution in [0, 0.1) is 0 Å². The van der Waals surface area contributed by atoms with Crippen molar-refractivity contribution in [3.63, 3.8) is 0 Å². The van der Waals surface area contributed by atoms with Crippen molar-refractivity contribution in [2.45, 2.75) is 24.0 Å². The van der Waals surface area contributed by atoms with Gasteiger partial charge in [0.25, 0.3) is 5.56 Å². The monoisotopic (exact) mass is 333 g/mol. The second kappa shape index (κ2) is 6.50. The highest BCUT2D eigenvalue weighted by Crippen LogP contribution is 2.24. The Morgan fingerprint density at radius 3 is 2.77 bits per heavy atom. The van der Waals surface area contributed by atoms with Gasteiger partial charge < -0.3 is 4.74 Å². The maximum absolute atomic E-state index is 12.1. The lowest BCUT2D eigenvalue weighted by molar-refractivity contribution is 0.414. The van der Waals surface area contributed by atoms with E-state index >= 15 is 0 Å². The number of aryl methyl sites for hydroxylation is 1. The molecule has 0 radical (unpaired) electrons. The first-order valence-electron chi connectivity index (χ1n) is 6.85. The molecule has 3 aromatic rings. The lowest BCUT2D eigenvalue weighted by Crippen LogP contribution is -2.15. The molecule has 0 unspecified atom stereocenters. The summed E-state index contributed by atoms with van der Waals surface area (Å²) in [6.07, 6.45) is 0.809. The molecule has 0 amide bonds. The van der Waals surface area contributed by atoms with Crippen LogP contribution in [0.1, 0.15) is 17.6 Å². The number of thioether (sulfide) groups is 1. The topological polar surface area (TPSA) is 56.5 Å². The summed E-state index contributed by atoms with van der Waals surface area (Å²) in [5, 5.41) is 5.17.